The van der Waals surface area contributed by atoms with Gasteiger partial charge in [0.15, 0.2) is 0 Å². The number of hydrogen-bond acceptors (Lipinski definition) is 3. The van der Waals surface area contributed by atoms with E-state index in [1.165, 1.54) is 26.9 Å². The third-order valence-corrected chi connectivity index (χ3v) is 5.44. The lowest BCUT2D eigenvalue weighted by atomic mass is 10.0. The van der Waals surface area contributed by atoms with Crippen molar-refractivity contribution >= 4 is 34.9 Å². The molecule has 2 rings (SSSR count). The van der Waals surface area contributed by atoms with Gasteiger partial charge in [0.05, 0.1) is 0 Å². The number of thioether (sulfide) groups is 2. The van der Waals surface area contributed by atoms with Crippen molar-refractivity contribution in [2.24, 2.45) is 0 Å². The summed E-state index contributed by atoms with van der Waals surface area (Å²) >= 11 is 3.86. The predicted molar refractivity (Wildman–Crippen MR) is 78.2 cm³/mol. The number of rotatable bonds is 4. The average Bonchev–Trinajstić information content (AvgIpc) is 2.84. The molecule has 0 spiro atoms. The Bertz CT molecular complexity index is 415. The highest BCUT2D eigenvalue weighted by molar-refractivity contribution is 8.25. The Morgan fingerprint density at radius 3 is 2.35 bits per heavy atom. The molecule has 0 atom stereocenters. The molecule has 0 N–H and O–H groups in total. The van der Waals surface area contributed by atoms with Crippen LogP contribution in [0.5, 0.6) is 0 Å². The number of allylic oxidation sites excluding steroid dienone is 1. The number of ketones is 1. The maximum atomic E-state index is 11.2. The Labute approximate surface area is 111 Å². The van der Waals surface area contributed by atoms with Crippen LogP contribution in [-0.4, -0.2) is 17.3 Å². The summed E-state index contributed by atoms with van der Waals surface area (Å²) in [5.41, 5.74) is 2.62. The summed E-state index contributed by atoms with van der Waals surface area (Å²) in [5.74, 6) is 2.65. The van der Waals surface area contributed by atoms with Crippen LogP contribution in [0.15, 0.2) is 34.6 Å². The van der Waals surface area contributed by atoms with Crippen molar-refractivity contribution in [1.82, 2.24) is 0 Å². The van der Waals surface area contributed by atoms with Crippen molar-refractivity contribution in [2.75, 3.05) is 11.5 Å². The van der Waals surface area contributed by atoms with Crippen molar-refractivity contribution in [3.05, 3.63) is 40.1 Å². The van der Waals surface area contributed by atoms with Crippen LogP contribution in [0.3, 0.4) is 0 Å². The molecule has 3 heteroatoms. The zero-order valence-electron chi connectivity index (χ0n) is 9.94. The van der Waals surface area contributed by atoms with Crippen LogP contribution in [0.1, 0.15) is 25.3 Å². The van der Waals surface area contributed by atoms with Gasteiger partial charge in [-0.1, -0.05) is 30.3 Å². The second kappa shape index (κ2) is 6.31. The first-order valence-corrected chi connectivity index (χ1v) is 7.78. The predicted octanol–water partition coefficient (Wildman–Crippen LogP) is 4.20. The highest BCUT2D eigenvalue weighted by atomic mass is 32.2. The van der Waals surface area contributed by atoms with E-state index in [2.05, 4.69) is 24.3 Å². The Balaban J connectivity index is 2.24. The van der Waals surface area contributed by atoms with Crippen molar-refractivity contribution < 1.29 is 4.79 Å². The zero-order valence-corrected chi connectivity index (χ0v) is 11.6. The summed E-state index contributed by atoms with van der Waals surface area (Å²) < 4.78 is 1.41. The normalized spacial score (nSPS) is 15.0. The maximum Gasteiger partial charge on any atom is 0.130 e. The second-order valence-corrected chi connectivity index (χ2v) is 6.50. The summed E-state index contributed by atoms with van der Waals surface area (Å²) in [6, 6.07) is 10.4. The Kier molecular flexibility index (Phi) is 4.75. The fraction of sp³-hybridized carbons (Fsp3) is 0.357. The Morgan fingerprint density at radius 2 is 1.76 bits per heavy atom. The smallest absolute Gasteiger partial charge is 0.130 e. The third-order valence-electron chi connectivity index (χ3n) is 2.65. The van der Waals surface area contributed by atoms with Crippen molar-refractivity contribution in [1.29, 1.82) is 0 Å². The van der Waals surface area contributed by atoms with Gasteiger partial charge in [0, 0.05) is 22.2 Å². The average molecular weight is 264 g/mol. The molecule has 1 aromatic rings. The Hall–Kier alpha value is -0.670. The molecule has 17 heavy (non-hydrogen) atoms. The van der Waals surface area contributed by atoms with E-state index in [4.69, 9.17) is 0 Å². The molecule has 90 valence electrons. The second-order valence-electron chi connectivity index (χ2n) is 4.03. The lowest BCUT2D eigenvalue weighted by Gasteiger charge is -2.10. The molecule has 1 nitrogen and oxygen atoms in total. The van der Waals surface area contributed by atoms with E-state index in [-0.39, 0.29) is 5.78 Å². The third kappa shape index (κ3) is 3.65. The molecule has 1 aromatic carbocycles. The molecule has 0 bridgehead atoms. The summed E-state index contributed by atoms with van der Waals surface area (Å²) in [5, 5.41) is 0. The molecule has 1 fully saturated rings. The molecule has 1 saturated heterocycles. The number of carbonyl (C=O) groups excluding carboxylic acids is 1. The topological polar surface area (TPSA) is 17.1 Å². The van der Waals surface area contributed by atoms with E-state index in [0.717, 1.165) is 6.42 Å². The van der Waals surface area contributed by atoms with Crippen molar-refractivity contribution in [2.45, 2.75) is 19.8 Å². The number of benzene rings is 1. The van der Waals surface area contributed by atoms with Crippen LogP contribution >= 0.6 is 23.5 Å². The minimum atomic E-state index is 0.270. The first-order valence-electron chi connectivity index (χ1n) is 5.81. The number of carbonyl (C=O) groups is 1. The molecule has 1 heterocycles. The molecule has 0 radical (unpaired) electrons. The van der Waals surface area contributed by atoms with Gasteiger partial charge in [-0.05, 0) is 24.5 Å². The molecule has 1 aliphatic rings. The van der Waals surface area contributed by atoms with Crippen LogP contribution < -0.4 is 0 Å². The fourth-order valence-electron chi connectivity index (χ4n) is 1.79. The quantitative estimate of drug-likeness (QED) is 0.811. The molecule has 0 aromatic heterocycles. The van der Waals surface area contributed by atoms with Gasteiger partial charge in [-0.3, -0.25) is 0 Å². The van der Waals surface area contributed by atoms with E-state index in [1.807, 2.05) is 29.6 Å². The van der Waals surface area contributed by atoms with Gasteiger partial charge in [-0.25, -0.2) is 0 Å². The fourth-order valence-corrected chi connectivity index (χ4v) is 4.45. The summed E-state index contributed by atoms with van der Waals surface area (Å²) in [6.07, 6.45) is 1.52. The van der Waals surface area contributed by atoms with Crippen molar-refractivity contribution in [3.63, 3.8) is 0 Å². The monoisotopic (exact) mass is 264 g/mol. The standard InChI is InChI=1S/C14H16OS2/c1-11(15)7-8-13(14-16-9-10-17-14)12-5-3-2-4-6-12/h2-6H,7-10H2,1H3. The van der Waals surface area contributed by atoms with E-state index < -0.39 is 0 Å². The van der Waals surface area contributed by atoms with Gasteiger partial charge in [-0.15, -0.1) is 23.5 Å². The van der Waals surface area contributed by atoms with Gasteiger partial charge < -0.3 is 4.79 Å². The van der Waals surface area contributed by atoms with Crippen LogP contribution in [0.25, 0.3) is 5.57 Å². The maximum absolute atomic E-state index is 11.2. The molecule has 0 unspecified atom stereocenters. The highest BCUT2D eigenvalue weighted by Crippen LogP contribution is 2.43. The van der Waals surface area contributed by atoms with Gasteiger partial charge >= 0.3 is 0 Å². The summed E-state index contributed by atoms with van der Waals surface area (Å²) in [7, 11) is 0. The van der Waals surface area contributed by atoms with E-state index in [1.54, 1.807) is 6.92 Å². The lowest BCUT2D eigenvalue weighted by molar-refractivity contribution is -0.116. The largest absolute Gasteiger partial charge is 0.300 e. The number of hydrogen-bond donors (Lipinski definition) is 0. The molecule has 0 saturated carbocycles. The van der Waals surface area contributed by atoms with Crippen molar-refractivity contribution in [3.8, 4) is 0 Å². The molecule has 1 aliphatic heterocycles. The van der Waals surface area contributed by atoms with Crippen LogP contribution in [0.2, 0.25) is 0 Å². The summed E-state index contributed by atoms with van der Waals surface area (Å²) in [6.45, 7) is 1.67. The van der Waals surface area contributed by atoms with E-state index in [0.29, 0.717) is 6.42 Å². The van der Waals surface area contributed by atoms with Gasteiger partial charge in [-0.2, -0.15) is 0 Å². The molecular weight excluding hydrogens is 248 g/mol. The first-order chi connectivity index (χ1) is 8.27. The van der Waals surface area contributed by atoms with Gasteiger partial charge in [0.1, 0.15) is 5.78 Å². The summed E-state index contributed by atoms with van der Waals surface area (Å²) in [4.78, 5) is 11.2. The highest BCUT2D eigenvalue weighted by Gasteiger charge is 2.15. The minimum absolute atomic E-state index is 0.270. The van der Waals surface area contributed by atoms with Crippen LogP contribution in [0.4, 0.5) is 0 Å². The Morgan fingerprint density at radius 1 is 1.12 bits per heavy atom. The minimum Gasteiger partial charge on any atom is -0.300 e. The van der Waals surface area contributed by atoms with Gasteiger partial charge in [0.25, 0.3) is 0 Å². The molecule has 0 aliphatic carbocycles. The molecular formula is C14H16OS2. The first kappa shape index (κ1) is 12.8. The van der Waals surface area contributed by atoms with Gasteiger partial charge in [0.2, 0.25) is 0 Å². The molecule has 0 amide bonds. The van der Waals surface area contributed by atoms with Crippen LogP contribution in [-0.2, 0) is 4.79 Å². The van der Waals surface area contributed by atoms with E-state index in [9.17, 15) is 4.79 Å². The zero-order chi connectivity index (χ0) is 12.1. The number of Topliss-reactive ketones (excluding diaryl/α,β-unsaturated/α-hetero) is 1. The van der Waals surface area contributed by atoms with Crippen LogP contribution in [0, 0.1) is 0 Å². The lowest BCUT2D eigenvalue weighted by Crippen LogP contribution is -1.93. The van der Waals surface area contributed by atoms with E-state index >= 15 is 0 Å². The SMILES string of the molecule is CC(=O)CCC(=C1SCCS1)c1ccccc1.